The second-order valence-corrected chi connectivity index (χ2v) is 6.33. The third kappa shape index (κ3) is 6.64. The summed E-state index contributed by atoms with van der Waals surface area (Å²) in [5, 5.41) is 12.3. The molecule has 4 heteroatoms. The van der Waals surface area contributed by atoms with Crippen molar-refractivity contribution in [1.29, 1.82) is 0 Å². The lowest BCUT2D eigenvalue weighted by atomic mass is 9.90. The van der Waals surface area contributed by atoms with E-state index in [1.165, 1.54) is 5.56 Å². The average molecular weight is 281 g/mol. The van der Waals surface area contributed by atoms with Gasteiger partial charge in [0, 0.05) is 18.1 Å². The molecule has 0 radical (unpaired) electrons. The van der Waals surface area contributed by atoms with E-state index in [4.69, 9.17) is 5.11 Å². The molecule has 0 aliphatic rings. The average Bonchev–Trinajstić information content (AvgIpc) is 2.38. The molecule has 0 atom stereocenters. The summed E-state index contributed by atoms with van der Waals surface area (Å²) >= 11 is 1.89. The van der Waals surface area contributed by atoms with Gasteiger partial charge in [0.25, 0.3) is 0 Å². The summed E-state index contributed by atoms with van der Waals surface area (Å²) in [5.41, 5.74) is 0.712. The van der Waals surface area contributed by atoms with E-state index < -0.39 is 11.4 Å². The van der Waals surface area contributed by atoms with Gasteiger partial charge in [-0.15, -0.1) is 0 Å². The SMILES string of the molecule is CC(C)(CCNCCSCc1ccccc1)C(=O)O. The summed E-state index contributed by atoms with van der Waals surface area (Å²) in [4.78, 5) is 10.9. The summed E-state index contributed by atoms with van der Waals surface area (Å²) in [7, 11) is 0. The van der Waals surface area contributed by atoms with Crippen LogP contribution in [0.5, 0.6) is 0 Å². The minimum Gasteiger partial charge on any atom is -0.481 e. The molecule has 0 bridgehead atoms. The number of thioether (sulfide) groups is 1. The van der Waals surface area contributed by atoms with Crippen LogP contribution in [-0.2, 0) is 10.5 Å². The van der Waals surface area contributed by atoms with Crippen LogP contribution in [-0.4, -0.2) is 29.9 Å². The number of aliphatic carboxylic acids is 1. The van der Waals surface area contributed by atoms with Crippen molar-refractivity contribution < 1.29 is 9.90 Å². The van der Waals surface area contributed by atoms with Gasteiger partial charge >= 0.3 is 5.97 Å². The largest absolute Gasteiger partial charge is 0.481 e. The van der Waals surface area contributed by atoms with Crippen LogP contribution in [0.25, 0.3) is 0 Å². The number of hydrogen-bond donors (Lipinski definition) is 2. The van der Waals surface area contributed by atoms with Crippen molar-refractivity contribution in [3.05, 3.63) is 35.9 Å². The summed E-state index contributed by atoms with van der Waals surface area (Å²) in [6.07, 6.45) is 0.658. The van der Waals surface area contributed by atoms with Crippen LogP contribution in [0.15, 0.2) is 30.3 Å². The number of rotatable bonds is 9. The third-order valence-electron chi connectivity index (χ3n) is 3.04. The van der Waals surface area contributed by atoms with Crippen LogP contribution < -0.4 is 5.32 Å². The van der Waals surface area contributed by atoms with Crippen molar-refractivity contribution >= 4 is 17.7 Å². The predicted molar refractivity (Wildman–Crippen MR) is 81.5 cm³/mol. The van der Waals surface area contributed by atoms with E-state index in [0.717, 1.165) is 24.6 Å². The molecule has 0 aliphatic heterocycles. The number of hydrogen-bond acceptors (Lipinski definition) is 3. The Morgan fingerprint density at radius 3 is 2.58 bits per heavy atom. The molecule has 0 aliphatic carbocycles. The summed E-state index contributed by atoms with van der Waals surface area (Å²) in [6, 6.07) is 10.4. The molecular weight excluding hydrogens is 258 g/mol. The quantitative estimate of drug-likeness (QED) is 0.683. The fourth-order valence-electron chi connectivity index (χ4n) is 1.54. The van der Waals surface area contributed by atoms with E-state index in [9.17, 15) is 4.79 Å². The van der Waals surface area contributed by atoms with Crippen molar-refractivity contribution in [1.82, 2.24) is 5.32 Å². The zero-order chi connectivity index (χ0) is 14.1. The number of benzene rings is 1. The van der Waals surface area contributed by atoms with Crippen molar-refractivity contribution in [2.45, 2.75) is 26.0 Å². The maximum Gasteiger partial charge on any atom is 0.309 e. The van der Waals surface area contributed by atoms with Crippen LogP contribution in [0.1, 0.15) is 25.8 Å². The normalized spacial score (nSPS) is 11.5. The maximum absolute atomic E-state index is 10.9. The molecule has 0 fully saturated rings. The van der Waals surface area contributed by atoms with Gasteiger partial charge in [-0.3, -0.25) is 4.79 Å². The summed E-state index contributed by atoms with van der Waals surface area (Å²) in [5.74, 6) is 1.35. The molecule has 19 heavy (non-hydrogen) atoms. The Bertz CT molecular complexity index is 379. The Hall–Kier alpha value is -1.00. The van der Waals surface area contributed by atoms with Crippen molar-refractivity contribution in [3.63, 3.8) is 0 Å². The van der Waals surface area contributed by atoms with Crippen LogP contribution in [0.3, 0.4) is 0 Å². The molecule has 0 saturated heterocycles. The molecule has 1 rings (SSSR count). The molecule has 0 aromatic heterocycles. The van der Waals surface area contributed by atoms with E-state index in [1.807, 2.05) is 17.8 Å². The lowest BCUT2D eigenvalue weighted by Crippen LogP contribution is -2.29. The smallest absolute Gasteiger partial charge is 0.309 e. The number of carbonyl (C=O) groups is 1. The fraction of sp³-hybridized carbons (Fsp3) is 0.533. The van der Waals surface area contributed by atoms with Gasteiger partial charge < -0.3 is 10.4 Å². The van der Waals surface area contributed by atoms with Gasteiger partial charge in [-0.1, -0.05) is 30.3 Å². The lowest BCUT2D eigenvalue weighted by molar-refractivity contribution is -0.147. The Morgan fingerprint density at radius 2 is 1.95 bits per heavy atom. The summed E-state index contributed by atoms with van der Waals surface area (Å²) in [6.45, 7) is 5.21. The molecule has 1 aromatic rings. The Kier molecular flexibility index (Phi) is 6.95. The van der Waals surface area contributed by atoms with E-state index >= 15 is 0 Å². The molecule has 0 unspecified atom stereocenters. The lowest BCUT2D eigenvalue weighted by Gasteiger charge is -2.18. The van der Waals surface area contributed by atoms with Gasteiger partial charge in [0.05, 0.1) is 5.41 Å². The molecular formula is C15H23NO2S. The number of carboxylic acids is 1. The van der Waals surface area contributed by atoms with Crippen LogP contribution >= 0.6 is 11.8 Å². The van der Waals surface area contributed by atoms with E-state index in [0.29, 0.717) is 6.42 Å². The highest BCUT2D eigenvalue weighted by atomic mass is 32.2. The van der Waals surface area contributed by atoms with E-state index in [-0.39, 0.29) is 0 Å². The molecule has 0 spiro atoms. The minimum atomic E-state index is -0.729. The van der Waals surface area contributed by atoms with Crippen LogP contribution in [0, 0.1) is 5.41 Å². The first-order chi connectivity index (χ1) is 9.02. The Balaban J connectivity index is 2.02. The highest BCUT2D eigenvalue weighted by Crippen LogP contribution is 2.19. The van der Waals surface area contributed by atoms with Crippen molar-refractivity contribution in [2.75, 3.05) is 18.8 Å². The zero-order valence-corrected chi connectivity index (χ0v) is 12.5. The van der Waals surface area contributed by atoms with Gasteiger partial charge in [-0.2, -0.15) is 11.8 Å². The number of nitrogens with one attached hydrogen (secondary N) is 1. The molecule has 0 amide bonds. The first-order valence-corrected chi connectivity index (χ1v) is 7.73. The molecule has 2 N–H and O–H groups in total. The third-order valence-corrected chi connectivity index (χ3v) is 4.07. The fourth-order valence-corrected chi connectivity index (χ4v) is 2.40. The standard InChI is InChI=1S/C15H23NO2S/c1-15(2,14(17)18)8-9-16-10-11-19-12-13-6-4-3-5-7-13/h3-7,16H,8-12H2,1-2H3,(H,17,18). The molecule has 3 nitrogen and oxygen atoms in total. The van der Waals surface area contributed by atoms with Crippen LogP contribution in [0.4, 0.5) is 0 Å². The van der Waals surface area contributed by atoms with Gasteiger partial charge in [-0.05, 0) is 32.4 Å². The minimum absolute atomic E-state index is 0.635. The first kappa shape index (κ1) is 16.1. The topological polar surface area (TPSA) is 49.3 Å². The van der Waals surface area contributed by atoms with Crippen molar-refractivity contribution in [3.8, 4) is 0 Å². The van der Waals surface area contributed by atoms with Crippen LogP contribution in [0.2, 0.25) is 0 Å². The Morgan fingerprint density at radius 1 is 1.26 bits per heavy atom. The monoisotopic (exact) mass is 281 g/mol. The van der Waals surface area contributed by atoms with Crippen molar-refractivity contribution in [2.24, 2.45) is 5.41 Å². The summed E-state index contributed by atoms with van der Waals surface area (Å²) < 4.78 is 0. The second kappa shape index (κ2) is 8.23. The molecule has 106 valence electrons. The van der Waals surface area contributed by atoms with E-state index in [1.54, 1.807) is 13.8 Å². The van der Waals surface area contributed by atoms with Gasteiger partial charge in [0.1, 0.15) is 0 Å². The predicted octanol–water partition coefficient (Wildman–Crippen LogP) is 3.01. The molecule has 0 saturated carbocycles. The molecule has 0 heterocycles. The number of carboxylic acid groups (broad SMARTS) is 1. The highest BCUT2D eigenvalue weighted by Gasteiger charge is 2.25. The van der Waals surface area contributed by atoms with Gasteiger partial charge in [-0.25, -0.2) is 0 Å². The van der Waals surface area contributed by atoms with E-state index in [2.05, 4.69) is 29.6 Å². The second-order valence-electron chi connectivity index (χ2n) is 5.23. The highest BCUT2D eigenvalue weighted by molar-refractivity contribution is 7.98. The zero-order valence-electron chi connectivity index (χ0n) is 11.7. The Labute approximate surface area is 119 Å². The van der Waals surface area contributed by atoms with Gasteiger partial charge in [0.2, 0.25) is 0 Å². The molecule has 1 aromatic carbocycles. The maximum atomic E-state index is 10.9. The first-order valence-electron chi connectivity index (χ1n) is 6.58. The van der Waals surface area contributed by atoms with Gasteiger partial charge in [0.15, 0.2) is 0 Å².